The van der Waals surface area contributed by atoms with Crippen molar-refractivity contribution in [3.05, 3.63) is 0 Å². The van der Waals surface area contributed by atoms with E-state index in [1.165, 1.54) is 0 Å². The minimum atomic E-state index is 0. The van der Waals surface area contributed by atoms with Crippen LogP contribution in [0.4, 0.5) is 0 Å². The molecule has 18 heavy (non-hydrogen) atoms. The van der Waals surface area contributed by atoms with Crippen LogP contribution >= 0.6 is 24.0 Å². The first-order chi connectivity index (χ1) is 7.83. The van der Waals surface area contributed by atoms with Gasteiger partial charge in [-0.2, -0.15) is 0 Å². The van der Waals surface area contributed by atoms with E-state index in [4.69, 9.17) is 4.74 Å². The quantitative estimate of drug-likeness (QED) is 0.417. The van der Waals surface area contributed by atoms with Crippen molar-refractivity contribution in [2.75, 3.05) is 41.4 Å². The average molecular weight is 372 g/mol. The molecule has 2 N–H and O–H groups in total. The molecule has 6 heteroatoms. The average Bonchev–Trinajstić information content (AvgIpc) is 2.24. The highest BCUT2D eigenvalue weighted by Gasteiger charge is 2.20. The Morgan fingerprint density at radius 1 is 1.39 bits per heavy atom. The molecule has 0 aliphatic carbocycles. The number of nitrogens with zero attached hydrogens (tertiary/aromatic N) is 2. The van der Waals surface area contributed by atoms with Gasteiger partial charge in [0, 0.05) is 32.3 Å². The van der Waals surface area contributed by atoms with Gasteiger partial charge in [-0.05, 0) is 34.9 Å². The van der Waals surface area contributed by atoms with Crippen LogP contribution in [0, 0.1) is 0 Å². The highest BCUT2D eigenvalue weighted by atomic mass is 127. The maximum absolute atomic E-state index is 5.08. The molecule has 0 spiro atoms. The van der Waals surface area contributed by atoms with E-state index in [0.717, 1.165) is 12.5 Å². The van der Waals surface area contributed by atoms with Gasteiger partial charge >= 0.3 is 0 Å². The summed E-state index contributed by atoms with van der Waals surface area (Å²) in [6.45, 7) is 7.93. The van der Waals surface area contributed by atoms with Gasteiger partial charge in [-0.3, -0.25) is 4.99 Å². The number of rotatable bonds is 6. The zero-order valence-electron chi connectivity index (χ0n) is 12.7. The summed E-state index contributed by atoms with van der Waals surface area (Å²) in [6.07, 6.45) is 0. The molecule has 0 radical (unpaired) electrons. The Bertz CT molecular complexity index is 244. The first-order valence-electron chi connectivity index (χ1n) is 5.97. The molecule has 0 bridgehead atoms. The largest absolute Gasteiger partial charge is 0.383 e. The Balaban J connectivity index is 0. The van der Waals surface area contributed by atoms with Gasteiger partial charge in [0.2, 0.25) is 0 Å². The lowest BCUT2D eigenvalue weighted by atomic mass is 10.0. The van der Waals surface area contributed by atoms with Crippen LogP contribution in [0.5, 0.6) is 0 Å². The molecule has 0 aromatic heterocycles. The number of methoxy groups -OCH3 is 1. The third-order valence-corrected chi connectivity index (χ3v) is 2.92. The first-order valence-corrected chi connectivity index (χ1v) is 5.97. The van der Waals surface area contributed by atoms with Gasteiger partial charge < -0.3 is 20.3 Å². The number of ether oxygens (including phenoxy) is 1. The maximum atomic E-state index is 5.08. The Labute approximate surface area is 129 Å². The SMILES string of the molecule is CN=C(NCC(C)(C)N(C)C)NC(C)COC.I. The molecule has 0 aromatic carbocycles. The lowest BCUT2D eigenvalue weighted by Gasteiger charge is -2.33. The van der Waals surface area contributed by atoms with E-state index >= 15 is 0 Å². The van der Waals surface area contributed by atoms with Crippen LogP contribution in [0.1, 0.15) is 20.8 Å². The number of nitrogens with one attached hydrogen (secondary N) is 2. The molecule has 0 aliphatic rings. The van der Waals surface area contributed by atoms with Crippen LogP contribution in [0.3, 0.4) is 0 Å². The van der Waals surface area contributed by atoms with Crippen LogP contribution < -0.4 is 10.6 Å². The van der Waals surface area contributed by atoms with Crippen molar-refractivity contribution in [3.8, 4) is 0 Å². The Kier molecular flexibility index (Phi) is 11.0. The minimum Gasteiger partial charge on any atom is -0.383 e. The fourth-order valence-corrected chi connectivity index (χ4v) is 1.18. The fraction of sp³-hybridized carbons (Fsp3) is 0.917. The number of hydrogen-bond acceptors (Lipinski definition) is 3. The maximum Gasteiger partial charge on any atom is 0.191 e. The van der Waals surface area contributed by atoms with Crippen molar-refractivity contribution < 1.29 is 4.74 Å². The Morgan fingerprint density at radius 2 is 1.94 bits per heavy atom. The third-order valence-electron chi connectivity index (χ3n) is 2.92. The summed E-state index contributed by atoms with van der Waals surface area (Å²) in [6, 6.07) is 0.244. The Morgan fingerprint density at radius 3 is 2.33 bits per heavy atom. The van der Waals surface area contributed by atoms with Gasteiger partial charge in [0.25, 0.3) is 0 Å². The molecule has 0 fully saturated rings. The lowest BCUT2D eigenvalue weighted by molar-refractivity contribution is 0.177. The van der Waals surface area contributed by atoms with Crippen LogP contribution in [0.2, 0.25) is 0 Å². The molecule has 0 heterocycles. The van der Waals surface area contributed by atoms with Gasteiger partial charge in [-0.25, -0.2) is 0 Å². The van der Waals surface area contributed by atoms with Gasteiger partial charge in [-0.15, -0.1) is 24.0 Å². The van der Waals surface area contributed by atoms with Gasteiger partial charge in [0.15, 0.2) is 5.96 Å². The van der Waals surface area contributed by atoms with E-state index in [0.29, 0.717) is 6.61 Å². The highest BCUT2D eigenvalue weighted by molar-refractivity contribution is 14.0. The number of guanidine groups is 1. The molecular weight excluding hydrogens is 343 g/mol. The van der Waals surface area contributed by atoms with E-state index in [-0.39, 0.29) is 35.6 Å². The molecule has 5 nitrogen and oxygen atoms in total. The second-order valence-electron chi connectivity index (χ2n) is 5.13. The smallest absolute Gasteiger partial charge is 0.191 e. The summed E-state index contributed by atoms with van der Waals surface area (Å²) in [5.74, 6) is 0.810. The zero-order chi connectivity index (χ0) is 13.5. The minimum absolute atomic E-state index is 0. The molecule has 1 atom stereocenters. The number of aliphatic imine (C=N–C) groups is 1. The monoisotopic (exact) mass is 372 g/mol. The van der Waals surface area contributed by atoms with Crippen LogP contribution in [-0.4, -0.2) is 63.8 Å². The van der Waals surface area contributed by atoms with Crippen LogP contribution in [-0.2, 0) is 4.74 Å². The normalized spacial score (nSPS) is 14.1. The number of hydrogen-bond donors (Lipinski definition) is 2. The first kappa shape index (κ1) is 20.2. The van der Waals surface area contributed by atoms with Gasteiger partial charge in [-0.1, -0.05) is 0 Å². The third kappa shape index (κ3) is 8.10. The van der Waals surface area contributed by atoms with E-state index in [9.17, 15) is 0 Å². The van der Waals surface area contributed by atoms with Crippen molar-refractivity contribution in [2.45, 2.75) is 32.4 Å². The molecule has 0 saturated heterocycles. The van der Waals surface area contributed by atoms with Crippen molar-refractivity contribution in [2.24, 2.45) is 4.99 Å². The fourth-order valence-electron chi connectivity index (χ4n) is 1.18. The molecular formula is C12H29IN4O. The zero-order valence-corrected chi connectivity index (χ0v) is 15.0. The van der Waals surface area contributed by atoms with Gasteiger partial charge in [0.1, 0.15) is 0 Å². The molecule has 0 rings (SSSR count). The van der Waals surface area contributed by atoms with Crippen LogP contribution in [0.15, 0.2) is 4.99 Å². The van der Waals surface area contributed by atoms with E-state index in [2.05, 4.69) is 55.4 Å². The second-order valence-corrected chi connectivity index (χ2v) is 5.13. The van der Waals surface area contributed by atoms with Crippen molar-refractivity contribution in [3.63, 3.8) is 0 Å². The molecule has 1 unspecified atom stereocenters. The topological polar surface area (TPSA) is 48.9 Å². The summed E-state index contributed by atoms with van der Waals surface area (Å²) < 4.78 is 5.08. The summed E-state index contributed by atoms with van der Waals surface area (Å²) >= 11 is 0. The Hall–Kier alpha value is -0.0800. The lowest BCUT2D eigenvalue weighted by Crippen LogP contribution is -2.52. The highest BCUT2D eigenvalue weighted by Crippen LogP contribution is 2.07. The summed E-state index contributed by atoms with van der Waals surface area (Å²) in [7, 11) is 7.62. The second kappa shape index (κ2) is 9.80. The predicted octanol–water partition coefficient (Wildman–Crippen LogP) is 1.14. The molecule has 0 amide bonds. The molecule has 110 valence electrons. The van der Waals surface area contributed by atoms with Crippen molar-refractivity contribution in [1.82, 2.24) is 15.5 Å². The summed E-state index contributed by atoms with van der Waals surface area (Å²) in [5.41, 5.74) is 0.0854. The van der Waals surface area contributed by atoms with Gasteiger partial charge in [0.05, 0.1) is 6.61 Å². The summed E-state index contributed by atoms with van der Waals surface area (Å²) in [4.78, 5) is 6.38. The van der Waals surface area contributed by atoms with Crippen molar-refractivity contribution in [1.29, 1.82) is 0 Å². The van der Waals surface area contributed by atoms with Crippen molar-refractivity contribution >= 4 is 29.9 Å². The predicted molar refractivity (Wildman–Crippen MR) is 89.0 cm³/mol. The standard InChI is InChI=1S/C12H28N4O.HI/c1-10(8-17-7)15-11(13-4)14-9-12(2,3)16(5)6;/h10H,8-9H2,1-7H3,(H2,13,14,15);1H. The summed E-state index contributed by atoms with van der Waals surface area (Å²) in [5, 5.41) is 6.60. The van der Waals surface area contributed by atoms with E-state index < -0.39 is 0 Å². The molecule has 0 aliphatic heterocycles. The van der Waals surface area contributed by atoms with E-state index in [1.807, 2.05) is 0 Å². The molecule has 0 saturated carbocycles. The number of likely N-dealkylation sites (N-methyl/N-ethyl adjacent to an activating group) is 1. The van der Waals surface area contributed by atoms with E-state index in [1.54, 1.807) is 14.2 Å². The molecule has 0 aromatic rings. The van der Waals surface area contributed by atoms with Crippen LogP contribution in [0.25, 0.3) is 0 Å². The number of halogens is 1.